The molecule has 1 aliphatic heterocycles. The second-order valence-corrected chi connectivity index (χ2v) is 6.98. The van der Waals surface area contributed by atoms with Gasteiger partial charge in [0, 0.05) is 34.4 Å². The van der Waals surface area contributed by atoms with Gasteiger partial charge in [-0.15, -0.1) is 0 Å². The average Bonchev–Trinajstić information content (AvgIpc) is 2.80. The lowest BCUT2D eigenvalue weighted by molar-refractivity contribution is -0.141. The molecule has 2 atom stereocenters. The highest BCUT2D eigenvalue weighted by Crippen LogP contribution is 2.25. The normalized spacial score (nSPS) is 34.7. The van der Waals surface area contributed by atoms with Gasteiger partial charge in [0.2, 0.25) is 0 Å². The predicted molar refractivity (Wildman–Crippen MR) is 71.3 cm³/mol. The monoisotopic (exact) mass is 288 g/mol. The molecule has 0 unspecified atom stereocenters. The molecule has 2 aliphatic rings. The van der Waals surface area contributed by atoms with Gasteiger partial charge in [-0.3, -0.25) is 9.00 Å². The zero-order valence-electron chi connectivity index (χ0n) is 10.8. The lowest BCUT2D eigenvalue weighted by Crippen LogP contribution is -2.47. The van der Waals surface area contributed by atoms with Gasteiger partial charge in [0.05, 0.1) is 5.92 Å². The minimum Gasteiger partial charge on any atom is -0.481 e. The Kier molecular flexibility index (Phi) is 4.79. The van der Waals surface area contributed by atoms with Gasteiger partial charge in [0.25, 0.3) is 0 Å². The van der Waals surface area contributed by atoms with E-state index in [0.29, 0.717) is 24.3 Å². The van der Waals surface area contributed by atoms with Crippen LogP contribution in [0.15, 0.2) is 0 Å². The number of carboxylic acid groups (broad SMARTS) is 1. The van der Waals surface area contributed by atoms with Gasteiger partial charge in [0.15, 0.2) is 0 Å². The van der Waals surface area contributed by atoms with E-state index in [-0.39, 0.29) is 24.0 Å². The van der Waals surface area contributed by atoms with Crippen molar-refractivity contribution in [1.29, 1.82) is 0 Å². The largest absolute Gasteiger partial charge is 0.481 e. The van der Waals surface area contributed by atoms with Crippen molar-refractivity contribution >= 4 is 22.8 Å². The van der Waals surface area contributed by atoms with E-state index < -0.39 is 16.8 Å². The van der Waals surface area contributed by atoms with Crippen molar-refractivity contribution in [3.63, 3.8) is 0 Å². The number of rotatable bonds is 3. The van der Waals surface area contributed by atoms with Crippen molar-refractivity contribution in [2.24, 2.45) is 5.92 Å². The third-order valence-corrected chi connectivity index (χ3v) is 5.22. The summed E-state index contributed by atoms with van der Waals surface area (Å²) >= 11 is 0. The molecule has 2 fully saturated rings. The molecule has 0 aromatic heterocycles. The van der Waals surface area contributed by atoms with Crippen LogP contribution in [-0.4, -0.2) is 44.9 Å². The van der Waals surface area contributed by atoms with E-state index in [4.69, 9.17) is 5.11 Å². The van der Waals surface area contributed by atoms with Gasteiger partial charge >= 0.3 is 12.0 Å². The molecule has 1 aliphatic carbocycles. The molecule has 0 spiro atoms. The summed E-state index contributed by atoms with van der Waals surface area (Å²) in [7, 11) is -0.727. The molecule has 3 N–H and O–H groups in total. The number of hydrogen-bond acceptors (Lipinski definition) is 3. The van der Waals surface area contributed by atoms with Crippen LogP contribution >= 0.6 is 0 Å². The summed E-state index contributed by atoms with van der Waals surface area (Å²) in [4.78, 5) is 22.6. The van der Waals surface area contributed by atoms with Crippen molar-refractivity contribution in [1.82, 2.24) is 10.6 Å². The van der Waals surface area contributed by atoms with Gasteiger partial charge in [-0.1, -0.05) is 0 Å². The van der Waals surface area contributed by atoms with Crippen LogP contribution in [0.4, 0.5) is 4.79 Å². The molecule has 1 saturated heterocycles. The Balaban J connectivity index is 1.70. The molecule has 0 aromatic carbocycles. The van der Waals surface area contributed by atoms with E-state index in [1.807, 2.05) is 0 Å². The number of aliphatic carboxylic acids is 1. The molecule has 2 amide bonds. The van der Waals surface area contributed by atoms with Gasteiger partial charge in [-0.2, -0.15) is 0 Å². The van der Waals surface area contributed by atoms with Crippen LogP contribution in [0, 0.1) is 5.92 Å². The number of urea groups is 1. The first-order chi connectivity index (χ1) is 9.04. The van der Waals surface area contributed by atoms with E-state index in [1.165, 1.54) is 0 Å². The first kappa shape index (κ1) is 14.3. The fourth-order valence-corrected chi connectivity index (χ4v) is 3.99. The Labute approximate surface area is 114 Å². The highest BCUT2D eigenvalue weighted by Gasteiger charge is 2.31. The number of nitrogens with one attached hydrogen (secondary N) is 2. The first-order valence-corrected chi connectivity index (χ1v) is 8.18. The maximum atomic E-state index is 11.8. The Hall–Kier alpha value is -1.11. The SMILES string of the molecule is O=C(NC1CCS(=O)CC1)N[C@H]1CC[C@@H](C(=O)O)C1. The topological polar surface area (TPSA) is 95.5 Å². The summed E-state index contributed by atoms with van der Waals surface area (Å²) in [6.07, 6.45) is 3.37. The molecule has 1 saturated carbocycles. The summed E-state index contributed by atoms with van der Waals surface area (Å²) in [5, 5.41) is 14.6. The maximum Gasteiger partial charge on any atom is 0.315 e. The van der Waals surface area contributed by atoms with Crippen LogP contribution in [0.25, 0.3) is 0 Å². The average molecular weight is 288 g/mol. The Morgan fingerprint density at radius 3 is 2.21 bits per heavy atom. The van der Waals surface area contributed by atoms with Crippen LogP contribution in [0.1, 0.15) is 32.1 Å². The third kappa shape index (κ3) is 4.19. The van der Waals surface area contributed by atoms with Gasteiger partial charge in [-0.25, -0.2) is 4.79 Å². The Morgan fingerprint density at radius 1 is 1.00 bits per heavy atom. The smallest absolute Gasteiger partial charge is 0.315 e. The van der Waals surface area contributed by atoms with E-state index in [1.54, 1.807) is 0 Å². The fourth-order valence-electron chi connectivity index (χ4n) is 2.69. The lowest BCUT2D eigenvalue weighted by atomic mass is 10.1. The van der Waals surface area contributed by atoms with Crippen molar-refractivity contribution in [3.05, 3.63) is 0 Å². The highest BCUT2D eigenvalue weighted by molar-refractivity contribution is 7.85. The predicted octanol–water partition coefficient (Wildman–Crippen LogP) is 0.450. The lowest BCUT2D eigenvalue weighted by Gasteiger charge is -2.23. The summed E-state index contributed by atoms with van der Waals surface area (Å²) < 4.78 is 11.2. The van der Waals surface area contributed by atoms with Crippen LogP contribution in [0.2, 0.25) is 0 Å². The van der Waals surface area contributed by atoms with Gasteiger partial charge in [-0.05, 0) is 32.1 Å². The zero-order valence-corrected chi connectivity index (χ0v) is 11.6. The van der Waals surface area contributed by atoms with Crippen LogP contribution in [0.5, 0.6) is 0 Å². The van der Waals surface area contributed by atoms with E-state index in [2.05, 4.69) is 10.6 Å². The molecule has 0 bridgehead atoms. The van der Waals surface area contributed by atoms with Crippen molar-refractivity contribution < 1.29 is 18.9 Å². The molecule has 6 nitrogen and oxygen atoms in total. The summed E-state index contributed by atoms with van der Waals surface area (Å²) in [5.41, 5.74) is 0. The van der Waals surface area contributed by atoms with Crippen LogP contribution < -0.4 is 10.6 Å². The molecule has 108 valence electrons. The van der Waals surface area contributed by atoms with Crippen molar-refractivity contribution in [2.45, 2.75) is 44.2 Å². The number of hydrogen-bond donors (Lipinski definition) is 3. The number of carbonyl (C=O) groups is 2. The fraction of sp³-hybridized carbons (Fsp3) is 0.833. The minimum atomic E-state index is -0.778. The quantitative estimate of drug-likeness (QED) is 0.702. The molecule has 0 aromatic rings. The molecular weight excluding hydrogens is 268 g/mol. The minimum absolute atomic E-state index is 0.0428. The van der Waals surface area contributed by atoms with Gasteiger partial charge in [0.1, 0.15) is 0 Å². The first-order valence-electron chi connectivity index (χ1n) is 6.69. The molecular formula is C12H20N2O4S. The summed E-state index contributed by atoms with van der Waals surface area (Å²) in [5.74, 6) is 0.187. The molecule has 7 heteroatoms. The second-order valence-electron chi connectivity index (χ2n) is 5.29. The summed E-state index contributed by atoms with van der Waals surface area (Å²) in [6.45, 7) is 0. The molecule has 0 radical (unpaired) electrons. The number of amides is 2. The van der Waals surface area contributed by atoms with E-state index in [0.717, 1.165) is 19.3 Å². The zero-order chi connectivity index (χ0) is 13.8. The standard InChI is InChI=1S/C12H20N2O4S/c15-11(16)8-1-2-10(7-8)14-12(17)13-9-3-5-19(18)6-4-9/h8-10H,1-7H2,(H,15,16)(H2,13,14,17)/t8-,9?,10+,19?/m1/s1. The second kappa shape index (κ2) is 6.36. The van der Waals surface area contributed by atoms with E-state index in [9.17, 15) is 13.8 Å². The van der Waals surface area contributed by atoms with E-state index >= 15 is 0 Å². The van der Waals surface area contributed by atoms with Crippen LogP contribution in [-0.2, 0) is 15.6 Å². The number of carbonyl (C=O) groups excluding carboxylic acids is 1. The number of carboxylic acids is 1. The van der Waals surface area contributed by atoms with Gasteiger partial charge < -0.3 is 15.7 Å². The summed E-state index contributed by atoms with van der Waals surface area (Å²) in [6, 6.07) is -0.179. The molecule has 1 heterocycles. The Bertz CT molecular complexity index is 378. The third-order valence-electron chi connectivity index (χ3n) is 3.84. The maximum absolute atomic E-state index is 11.8. The van der Waals surface area contributed by atoms with Crippen LogP contribution in [0.3, 0.4) is 0 Å². The Morgan fingerprint density at radius 2 is 1.63 bits per heavy atom. The highest BCUT2D eigenvalue weighted by atomic mass is 32.2. The van der Waals surface area contributed by atoms with Crippen molar-refractivity contribution in [3.8, 4) is 0 Å². The molecule has 19 heavy (non-hydrogen) atoms. The van der Waals surface area contributed by atoms with Crippen molar-refractivity contribution in [2.75, 3.05) is 11.5 Å². The molecule has 2 rings (SSSR count).